The number of hydrogen-bond acceptors (Lipinski definition) is 6. The summed E-state index contributed by atoms with van der Waals surface area (Å²) < 4.78 is 5.36. The number of pyridine rings is 1. The zero-order chi connectivity index (χ0) is 29.9. The number of aryl methyl sites for hydroxylation is 1. The molecule has 0 bridgehead atoms. The molecular formula is C34H38N4O4. The summed E-state index contributed by atoms with van der Waals surface area (Å²) in [7, 11) is 1.60. The third kappa shape index (κ3) is 7.94. The van der Waals surface area contributed by atoms with Crippen LogP contribution in [0.4, 0.5) is 11.4 Å². The first-order valence-electron chi connectivity index (χ1n) is 14.3. The van der Waals surface area contributed by atoms with E-state index in [1.54, 1.807) is 7.11 Å². The number of unbranched alkanes of at least 4 members (excludes halogenated alkanes) is 5. The van der Waals surface area contributed by atoms with Crippen LogP contribution in [0, 0.1) is 6.92 Å². The Kier molecular flexibility index (Phi) is 10.6. The Bertz CT molecular complexity index is 1570. The highest BCUT2D eigenvalue weighted by atomic mass is 16.5. The maximum atomic E-state index is 12.8. The van der Waals surface area contributed by atoms with Crippen molar-refractivity contribution in [3.63, 3.8) is 0 Å². The lowest BCUT2D eigenvalue weighted by Gasteiger charge is -2.16. The minimum Gasteiger partial charge on any atom is -0.497 e. The monoisotopic (exact) mass is 566 g/mol. The van der Waals surface area contributed by atoms with Gasteiger partial charge >= 0.3 is 0 Å². The van der Waals surface area contributed by atoms with E-state index in [1.165, 1.54) is 6.20 Å². The quantitative estimate of drug-likeness (QED) is 0.115. The average Bonchev–Trinajstić information content (AvgIpc) is 2.99. The number of nitrogens with two attached hydrogens (primary N) is 1. The molecule has 0 fully saturated rings. The molecule has 0 radical (unpaired) electrons. The van der Waals surface area contributed by atoms with Crippen LogP contribution in [0.5, 0.6) is 5.75 Å². The molecule has 4 N–H and O–H groups in total. The van der Waals surface area contributed by atoms with Crippen LogP contribution in [-0.4, -0.2) is 36.7 Å². The summed E-state index contributed by atoms with van der Waals surface area (Å²) in [5, 5.41) is 7.17. The van der Waals surface area contributed by atoms with E-state index in [1.807, 2.05) is 61.5 Å². The molecule has 0 atom stereocenters. The van der Waals surface area contributed by atoms with Gasteiger partial charge in [-0.05, 0) is 73.2 Å². The van der Waals surface area contributed by atoms with E-state index in [2.05, 4.69) is 21.7 Å². The van der Waals surface area contributed by atoms with Gasteiger partial charge in [0, 0.05) is 41.9 Å². The van der Waals surface area contributed by atoms with Crippen LogP contribution in [0.2, 0.25) is 0 Å². The van der Waals surface area contributed by atoms with Crippen LogP contribution < -0.4 is 21.1 Å². The van der Waals surface area contributed by atoms with Gasteiger partial charge in [0.2, 0.25) is 0 Å². The number of nitrogens with zero attached hydrogens (tertiary/aromatic N) is 1. The van der Waals surface area contributed by atoms with E-state index >= 15 is 0 Å². The van der Waals surface area contributed by atoms with Gasteiger partial charge in [-0.25, -0.2) is 0 Å². The number of primary amides is 1. The molecule has 3 aromatic carbocycles. The molecule has 1 heterocycles. The van der Waals surface area contributed by atoms with Gasteiger partial charge in [-0.3, -0.25) is 14.6 Å². The number of aldehydes is 1. The van der Waals surface area contributed by atoms with Crippen molar-refractivity contribution in [1.82, 2.24) is 10.3 Å². The number of carbonyl (C=O) groups is 3. The van der Waals surface area contributed by atoms with Crippen LogP contribution in [0.25, 0.3) is 10.9 Å². The number of nitrogens with one attached hydrogen (secondary N) is 2. The number of ether oxygens (including phenoxy) is 1. The molecular weight excluding hydrogens is 528 g/mol. The summed E-state index contributed by atoms with van der Waals surface area (Å²) in [5.41, 5.74) is 11.7. The summed E-state index contributed by atoms with van der Waals surface area (Å²) in [6.45, 7) is 2.61. The average molecular weight is 567 g/mol. The number of anilines is 2. The molecule has 2 amide bonds. The van der Waals surface area contributed by atoms with Crippen molar-refractivity contribution < 1.29 is 19.1 Å². The normalized spacial score (nSPS) is 10.8. The smallest absolute Gasteiger partial charge is 0.252 e. The molecule has 0 aliphatic heterocycles. The summed E-state index contributed by atoms with van der Waals surface area (Å²) in [4.78, 5) is 40.1. The predicted molar refractivity (Wildman–Crippen MR) is 167 cm³/mol. The summed E-state index contributed by atoms with van der Waals surface area (Å²) in [5.74, 6) is 0.0212. The standard InChI is InChI=1S/C34H38N4O4/c1-23-17-25(18-24-11-9-12-26(19-24)34(41)36-15-7-5-3-4-6-8-16-39)20-29-31(23)37-22-30(33(35)40)32(29)38-27-13-10-14-28(21-27)42-2/h9-14,16-17,19-22H,3-8,15,18H2,1-2H3,(H2,35,40)(H,36,41)(H,37,38). The Balaban J connectivity index is 1.52. The van der Waals surface area contributed by atoms with E-state index in [0.29, 0.717) is 42.0 Å². The van der Waals surface area contributed by atoms with Gasteiger partial charge in [-0.2, -0.15) is 0 Å². The second-order valence-corrected chi connectivity index (χ2v) is 10.4. The van der Waals surface area contributed by atoms with Gasteiger partial charge in [-0.1, -0.05) is 43.5 Å². The number of carbonyl (C=O) groups excluding carboxylic acids is 3. The van der Waals surface area contributed by atoms with Gasteiger partial charge in [0.25, 0.3) is 11.8 Å². The van der Waals surface area contributed by atoms with E-state index in [9.17, 15) is 14.4 Å². The summed E-state index contributed by atoms with van der Waals surface area (Å²) >= 11 is 0. The molecule has 0 saturated heterocycles. The Morgan fingerprint density at radius 2 is 1.74 bits per heavy atom. The minimum absolute atomic E-state index is 0.0902. The zero-order valence-electron chi connectivity index (χ0n) is 24.2. The Hall–Kier alpha value is -4.72. The first-order chi connectivity index (χ1) is 20.4. The van der Waals surface area contributed by atoms with Crippen molar-refractivity contribution in [1.29, 1.82) is 0 Å². The number of rotatable bonds is 15. The van der Waals surface area contributed by atoms with Crippen LogP contribution in [0.3, 0.4) is 0 Å². The number of methoxy groups -OCH3 is 1. The Morgan fingerprint density at radius 3 is 2.52 bits per heavy atom. The Labute approximate surface area is 246 Å². The van der Waals surface area contributed by atoms with Crippen LogP contribution in [0.1, 0.15) is 75.9 Å². The number of hydrogen-bond donors (Lipinski definition) is 3. The maximum Gasteiger partial charge on any atom is 0.252 e. The molecule has 0 unspecified atom stereocenters. The van der Waals surface area contributed by atoms with Crippen molar-refractivity contribution >= 4 is 40.4 Å². The lowest BCUT2D eigenvalue weighted by atomic mass is 9.97. The highest BCUT2D eigenvalue weighted by Gasteiger charge is 2.16. The fraction of sp³-hybridized carbons (Fsp3) is 0.294. The van der Waals surface area contributed by atoms with E-state index < -0.39 is 5.91 Å². The molecule has 4 aromatic rings. The van der Waals surface area contributed by atoms with Gasteiger partial charge in [0.15, 0.2) is 0 Å². The van der Waals surface area contributed by atoms with Crippen LogP contribution in [0.15, 0.2) is 66.9 Å². The van der Waals surface area contributed by atoms with Crippen molar-refractivity contribution in [3.8, 4) is 5.75 Å². The molecule has 8 nitrogen and oxygen atoms in total. The molecule has 42 heavy (non-hydrogen) atoms. The van der Waals surface area contributed by atoms with Gasteiger partial charge in [0.1, 0.15) is 12.0 Å². The number of aromatic nitrogens is 1. The molecule has 8 heteroatoms. The lowest BCUT2D eigenvalue weighted by molar-refractivity contribution is -0.107. The molecule has 4 rings (SSSR count). The van der Waals surface area contributed by atoms with E-state index in [-0.39, 0.29) is 5.91 Å². The van der Waals surface area contributed by atoms with E-state index in [4.69, 9.17) is 10.5 Å². The van der Waals surface area contributed by atoms with Crippen molar-refractivity contribution in [2.24, 2.45) is 5.73 Å². The largest absolute Gasteiger partial charge is 0.497 e. The molecule has 1 aromatic heterocycles. The SMILES string of the molecule is COc1cccc(Nc2c(C(N)=O)cnc3c(C)cc(Cc4cccc(C(=O)NCCCCCCCC=O)c4)cc23)c1. The third-order valence-electron chi connectivity index (χ3n) is 7.21. The zero-order valence-corrected chi connectivity index (χ0v) is 24.2. The van der Waals surface area contributed by atoms with Crippen LogP contribution in [-0.2, 0) is 11.2 Å². The minimum atomic E-state index is -0.575. The lowest BCUT2D eigenvalue weighted by Crippen LogP contribution is -2.24. The fourth-order valence-corrected chi connectivity index (χ4v) is 5.07. The van der Waals surface area contributed by atoms with Crippen LogP contribution >= 0.6 is 0 Å². The maximum absolute atomic E-state index is 12.8. The predicted octanol–water partition coefficient (Wildman–Crippen LogP) is 6.25. The molecule has 218 valence electrons. The summed E-state index contributed by atoms with van der Waals surface area (Å²) in [6, 6.07) is 19.2. The second-order valence-electron chi connectivity index (χ2n) is 10.4. The molecule has 0 saturated carbocycles. The number of amides is 2. The molecule has 0 spiro atoms. The Morgan fingerprint density at radius 1 is 0.952 bits per heavy atom. The van der Waals surface area contributed by atoms with Crippen molar-refractivity contribution in [3.05, 3.63) is 94.7 Å². The van der Waals surface area contributed by atoms with E-state index in [0.717, 1.165) is 71.7 Å². The van der Waals surface area contributed by atoms with Gasteiger partial charge < -0.3 is 25.9 Å². The van der Waals surface area contributed by atoms with Gasteiger partial charge in [-0.15, -0.1) is 0 Å². The first-order valence-corrected chi connectivity index (χ1v) is 14.3. The van der Waals surface area contributed by atoms with Crippen molar-refractivity contribution in [2.45, 2.75) is 51.9 Å². The number of fused-ring (bicyclic) bond motifs is 1. The van der Waals surface area contributed by atoms with Gasteiger partial charge in [0.05, 0.1) is 23.9 Å². The first kappa shape index (κ1) is 30.2. The number of benzene rings is 3. The molecule has 0 aliphatic rings. The molecule has 0 aliphatic carbocycles. The fourth-order valence-electron chi connectivity index (χ4n) is 5.07. The highest BCUT2D eigenvalue weighted by molar-refractivity contribution is 6.08. The summed E-state index contributed by atoms with van der Waals surface area (Å²) in [6.07, 6.45) is 8.68. The topological polar surface area (TPSA) is 123 Å². The highest BCUT2D eigenvalue weighted by Crippen LogP contribution is 2.33. The third-order valence-corrected chi connectivity index (χ3v) is 7.21. The van der Waals surface area contributed by atoms with Crippen molar-refractivity contribution in [2.75, 3.05) is 19.0 Å². The second kappa shape index (κ2) is 14.8.